The highest BCUT2D eigenvalue weighted by molar-refractivity contribution is 8.69. The summed E-state index contributed by atoms with van der Waals surface area (Å²) in [7, 11) is 2.55. The maximum atomic E-state index is 10.7. The van der Waals surface area contributed by atoms with Crippen LogP contribution in [-0.2, 0) is 30.4 Å². The average molecular weight is 272 g/mol. The first-order valence-corrected chi connectivity index (χ1v) is 7.49. The van der Waals surface area contributed by atoms with Crippen molar-refractivity contribution in [1.82, 2.24) is 0 Å². The Bertz CT molecular complexity index is 331. The second-order valence-corrected chi connectivity index (χ2v) is 8.43. The van der Waals surface area contributed by atoms with Gasteiger partial charge < -0.3 is 19.3 Å². The number of aliphatic carboxylic acids is 2. The van der Waals surface area contributed by atoms with E-state index in [1.54, 1.807) is 0 Å². The van der Waals surface area contributed by atoms with E-state index in [1.807, 2.05) is 0 Å². The summed E-state index contributed by atoms with van der Waals surface area (Å²) in [6, 6.07) is 0. The second kappa shape index (κ2) is 6.24. The summed E-state index contributed by atoms with van der Waals surface area (Å²) >= 11 is 5.48. The van der Waals surface area contributed by atoms with E-state index >= 15 is 0 Å². The Morgan fingerprint density at radius 1 is 1.33 bits per heavy atom. The molecule has 9 heteroatoms. The van der Waals surface area contributed by atoms with Gasteiger partial charge in [-0.05, 0) is 23.2 Å². The van der Waals surface area contributed by atoms with Crippen LogP contribution < -0.4 is 0 Å². The monoisotopic (exact) mass is 272 g/mol. The number of carbonyl (C=O) groups is 2. The molecule has 0 spiro atoms. The molecule has 0 aliphatic heterocycles. The third kappa shape index (κ3) is 5.29. The lowest BCUT2D eigenvalue weighted by atomic mass is 10.5. The molecule has 0 fully saturated rings. The van der Waals surface area contributed by atoms with E-state index < -0.39 is 22.5 Å². The van der Waals surface area contributed by atoms with Gasteiger partial charge in [0, 0.05) is 20.3 Å². The number of carboxylic acid groups (broad SMARTS) is 2. The molecule has 0 aromatic carbocycles. The van der Waals surface area contributed by atoms with Crippen molar-refractivity contribution < 1.29 is 28.8 Å². The second-order valence-electron chi connectivity index (χ2n) is 2.06. The van der Waals surface area contributed by atoms with Gasteiger partial charge in [-0.2, -0.15) is 0 Å². The van der Waals surface area contributed by atoms with Crippen LogP contribution in [-0.4, -0.2) is 36.4 Å². The lowest BCUT2D eigenvalue weighted by Gasteiger charge is -2.16. The van der Waals surface area contributed by atoms with Gasteiger partial charge in [0.2, 0.25) is 0 Å². The van der Waals surface area contributed by atoms with Gasteiger partial charge in [0.05, 0.1) is 0 Å². The van der Waals surface area contributed by atoms with Crippen LogP contribution >= 0.6 is 17.1 Å². The molecule has 0 bridgehead atoms. The molecule has 0 aliphatic rings. The lowest BCUT2D eigenvalue weighted by molar-refractivity contribution is -0.134. The number of hydrogen-bond donors (Lipinski definition) is 2. The van der Waals surface area contributed by atoms with Crippen LogP contribution in [0.3, 0.4) is 0 Å². The topological polar surface area (TPSA) is 93.1 Å². The molecule has 0 rings (SSSR count). The van der Waals surface area contributed by atoms with Crippen LogP contribution in [0.25, 0.3) is 0 Å². The van der Waals surface area contributed by atoms with Crippen molar-refractivity contribution in [3.05, 3.63) is 11.0 Å². The van der Waals surface area contributed by atoms with Crippen LogP contribution in [0.5, 0.6) is 0 Å². The van der Waals surface area contributed by atoms with Gasteiger partial charge in [0.15, 0.2) is 0 Å². The Labute approximate surface area is 95.2 Å². The summed E-state index contributed by atoms with van der Waals surface area (Å²) in [6.45, 7) is 0. The molecule has 0 saturated heterocycles. The highest BCUT2D eigenvalue weighted by atomic mass is 32.9. The molecule has 0 amide bonds. The lowest BCUT2D eigenvalue weighted by Crippen LogP contribution is -2.01. The first-order chi connectivity index (χ1) is 6.84. The Hall–Kier alpha value is -0.400. The van der Waals surface area contributed by atoms with E-state index in [4.69, 9.17) is 31.1 Å². The fraction of sp³-hybridized carbons (Fsp3) is 0.333. The van der Waals surface area contributed by atoms with E-state index in [0.29, 0.717) is 17.5 Å². The third-order valence-corrected chi connectivity index (χ3v) is 6.45. The van der Waals surface area contributed by atoms with Gasteiger partial charge in [-0.15, -0.1) is 0 Å². The van der Waals surface area contributed by atoms with Crippen molar-refractivity contribution >= 4 is 40.8 Å². The van der Waals surface area contributed by atoms with Crippen molar-refractivity contribution in [2.45, 2.75) is 0 Å². The zero-order valence-electron chi connectivity index (χ0n) is 7.87. The van der Waals surface area contributed by atoms with Crippen molar-refractivity contribution in [3.8, 4) is 0 Å². The smallest absolute Gasteiger partial charge is 0.342 e. The van der Waals surface area contributed by atoms with Crippen molar-refractivity contribution in [2.75, 3.05) is 14.2 Å². The fourth-order valence-electron chi connectivity index (χ4n) is 0.509. The van der Waals surface area contributed by atoms with Gasteiger partial charge in [-0.3, -0.25) is 0 Å². The molecular formula is C6H9O6PS2. The summed E-state index contributed by atoms with van der Waals surface area (Å²) in [5.74, 6) is -2.75. The van der Waals surface area contributed by atoms with Crippen LogP contribution in [0.15, 0.2) is 11.0 Å². The van der Waals surface area contributed by atoms with Crippen LogP contribution in [0.1, 0.15) is 0 Å². The summed E-state index contributed by atoms with van der Waals surface area (Å²) in [4.78, 5) is 20.6. The minimum absolute atomic E-state index is 0.422. The summed E-state index contributed by atoms with van der Waals surface area (Å²) in [6.07, 6.45) is 0.548. The molecule has 0 heterocycles. The van der Waals surface area contributed by atoms with E-state index in [-0.39, 0.29) is 0 Å². The first kappa shape index (κ1) is 14.6. The molecule has 6 nitrogen and oxygen atoms in total. The maximum Gasteiger partial charge on any atom is 0.342 e. The molecule has 0 aromatic heterocycles. The highest BCUT2D eigenvalue weighted by Gasteiger charge is 2.23. The molecule has 0 radical (unpaired) electrons. The number of hydrogen-bond acceptors (Lipinski definition) is 6. The molecule has 0 aromatic rings. The normalized spacial score (nSPS) is 12.5. The first-order valence-electron chi connectivity index (χ1n) is 3.43. The fourth-order valence-corrected chi connectivity index (χ4v) is 3.56. The molecular weight excluding hydrogens is 263 g/mol. The number of carboxylic acids is 2. The molecule has 0 aliphatic carbocycles. The maximum absolute atomic E-state index is 10.7. The standard InChI is InChI=1S/C6H9O6PS2/c1-11-13(14,12-2)15-4(6(9)10)3-5(7)8/h3H,1-2H3,(H,7,8)(H,9,10). The summed E-state index contributed by atoms with van der Waals surface area (Å²) in [5.41, 5.74) is -2.81. The Morgan fingerprint density at radius 3 is 2.07 bits per heavy atom. The molecule has 2 N–H and O–H groups in total. The van der Waals surface area contributed by atoms with E-state index in [2.05, 4.69) is 0 Å². The van der Waals surface area contributed by atoms with E-state index in [0.717, 1.165) is 0 Å². The summed E-state index contributed by atoms with van der Waals surface area (Å²) < 4.78 is 9.64. The minimum Gasteiger partial charge on any atom is -0.478 e. The zero-order chi connectivity index (χ0) is 12.1. The van der Waals surface area contributed by atoms with Gasteiger partial charge >= 0.3 is 11.9 Å². The Kier molecular flexibility index (Phi) is 6.07. The van der Waals surface area contributed by atoms with E-state index in [9.17, 15) is 9.59 Å². The van der Waals surface area contributed by atoms with Gasteiger partial charge in [0.25, 0.3) is 5.69 Å². The van der Waals surface area contributed by atoms with Crippen LogP contribution in [0.2, 0.25) is 0 Å². The van der Waals surface area contributed by atoms with Crippen molar-refractivity contribution in [3.63, 3.8) is 0 Å². The summed E-state index contributed by atoms with van der Waals surface area (Å²) in [5, 5.41) is 17.1. The predicted octanol–water partition coefficient (Wildman–Crippen LogP) is 1.29. The van der Waals surface area contributed by atoms with Crippen LogP contribution in [0, 0.1) is 0 Å². The van der Waals surface area contributed by atoms with Gasteiger partial charge in [0.1, 0.15) is 4.91 Å². The van der Waals surface area contributed by atoms with Crippen molar-refractivity contribution in [1.29, 1.82) is 0 Å². The Balaban J connectivity index is 4.93. The number of rotatable bonds is 6. The minimum atomic E-state index is -2.81. The largest absolute Gasteiger partial charge is 0.478 e. The SMILES string of the molecule is COP(=S)(OC)SC(=CC(=O)O)C(=O)O. The zero-order valence-corrected chi connectivity index (χ0v) is 10.4. The molecule has 15 heavy (non-hydrogen) atoms. The predicted molar refractivity (Wildman–Crippen MR) is 59.2 cm³/mol. The van der Waals surface area contributed by atoms with Gasteiger partial charge in [-0.25, -0.2) is 9.59 Å². The van der Waals surface area contributed by atoms with Crippen molar-refractivity contribution in [2.24, 2.45) is 0 Å². The van der Waals surface area contributed by atoms with Crippen LogP contribution in [0.4, 0.5) is 0 Å². The molecule has 0 atom stereocenters. The molecule has 0 saturated carbocycles. The highest BCUT2D eigenvalue weighted by Crippen LogP contribution is 2.62. The quantitative estimate of drug-likeness (QED) is 0.552. The Morgan fingerprint density at radius 2 is 1.80 bits per heavy atom. The third-order valence-electron chi connectivity index (χ3n) is 1.12. The average Bonchev–Trinajstić information content (AvgIpc) is 2.16. The molecule has 0 unspecified atom stereocenters. The molecule has 86 valence electrons. The van der Waals surface area contributed by atoms with Gasteiger partial charge in [-0.1, -0.05) is 0 Å². The van der Waals surface area contributed by atoms with E-state index in [1.165, 1.54) is 14.2 Å².